The minimum Gasteiger partial charge on any atom is -0.477 e. The number of carboxylic acid groups (broad SMARTS) is 1. The van der Waals surface area contributed by atoms with E-state index in [0.717, 1.165) is 4.90 Å². The fourth-order valence-electron chi connectivity index (χ4n) is 2.99. The first kappa shape index (κ1) is 23.7. The van der Waals surface area contributed by atoms with E-state index in [1.807, 2.05) is 0 Å². The summed E-state index contributed by atoms with van der Waals surface area (Å²) in [6.45, 7) is 6.40. The van der Waals surface area contributed by atoms with Crippen molar-refractivity contribution in [2.24, 2.45) is 5.16 Å². The Morgan fingerprint density at radius 3 is 2.66 bits per heavy atom. The quantitative estimate of drug-likeness (QED) is 0.251. The fraction of sp³-hybridized carbons (Fsp3) is 0.474. The number of nitrogens with zero attached hydrogens (tertiary/aromatic N) is 3. The molecule has 0 bridgehead atoms. The molecule has 2 N–H and O–H groups in total. The van der Waals surface area contributed by atoms with Crippen LogP contribution in [-0.4, -0.2) is 73.3 Å². The Morgan fingerprint density at radius 2 is 2.06 bits per heavy atom. The number of carbonyl (C=O) groups is 4. The van der Waals surface area contributed by atoms with Gasteiger partial charge in [0.1, 0.15) is 28.4 Å². The van der Waals surface area contributed by atoms with Crippen LogP contribution in [0.15, 0.2) is 27.8 Å². The van der Waals surface area contributed by atoms with Gasteiger partial charge in [0.15, 0.2) is 5.71 Å². The van der Waals surface area contributed by atoms with Crippen molar-refractivity contribution >= 4 is 52.6 Å². The lowest BCUT2D eigenvalue weighted by Gasteiger charge is -2.49. The lowest BCUT2D eigenvalue weighted by Crippen LogP contribution is -2.71. The highest BCUT2D eigenvalue weighted by molar-refractivity contribution is 8.00. The highest BCUT2D eigenvalue weighted by Crippen LogP contribution is 2.40. The highest BCUT2D eigenvalue weighted by atomic mass is 32.2. The molecule has 1 aromatic heterocycles. The zero-order valence-electron chi connectivity index (χ0n) is 17.7. The van der Waals surface area contributed by atoms with Gasteiger partial charge in [0.2, 0.25) is 6.61 Å². The van der Waals surface area contributed by atoms with E-state index in [0.29, 0.717) is 0 Å². The summed E-state index contributed by atoms with van der Waals surface area (Å²) >= 11 is 2.58. The number of ether oxygens (including phenoxy) is 1. The number of amides is 2. The van der Waals surface area contributed by atoms with E-state index in [4.69, 9.17) is 9.57 Å². The molecule has 3 atom stereocenters. The molecular formula is C19H22N4O7S2. The number of carboxylic acids is 1. The zero-order chi connectivity index (χ0) is 23.6. The number of thioether (sulfide) groups is 1. The molecule has 0 spiro atoms. The molecule has 1 saturated heterocycles. The van der Waals surface area contributed by atoms with Gasteiger partial charge >= 0.3 is 11.9 Å². The summed E-state index contributed by atoms with van der Waals surface area (Å²) in [7, 11) is 0. The Balaban J connectivity index is 1.70. The first-order valence-corrected chi connectivity index (χ1v) is 11.4. The van der Waals surface area contributed by atoms with Crippen LogP contribution in [0.5, 0.6) is 0 Å². The first-order valence-electron chi connectivity index (χ1n) is 9.53. The molecule has 172 valence electrons. The largest absolute Gasteiger partial charge is 0.477 e. The van der Waals surface area contributed by atoms with Gasteiger partial charge in [0.05, 0.1) is 5.51 Å². The Bertz CT molecular complexity index is 984. The summed E-state index contributed by atoms with van der Waals surface area (Å²) in [5.41, 5.74) is 0.671. The second-order valence-electron chi connectivity index (χ2n) is 7.92. The van der Waals surface area contributed by atoms with Gasteiger partial charge in [0.25, 0.3) is 11.8 Å². The number of rotatable bonds is 7. The highest BCUT2D eigenvalue weighted by Gasteiger charge is 2.54. The number of aliphatic carboxylic acids is 1. The van der Waals surface area contributed by atoms with Gasteiger partial charge in [-0.15, -0.1) is 23.1 Å². The molecule has 0 aromatic carbocycles. The number of aromatic nitrogens is 1. The van der Waals surface area contributed by atoms with Crippen LogP contribution < -0.4 is 5.32 Å². The Morgan fingerprint density at radius 1 is 1.34 bits per heavy atom. The van der Waals surface area contributed by atoms with Crippen LogP contribution in [-0.2, 0) is 28.8 Å². The minimum atomic E-state index is -1.21. The summed E-state index contributed by atoms with van der Waals surface area (Å²) in [6, 6.07) is -0.937. The van der Waals surface area contributed by atoms with Crippen LogP contribution in [0.1, 0.15) is 33.4 Å². The van der Waals surface area contributed by atoms with Crippen LogP contribution in [0.2, 0.25) is 0 Å². The summed E-state index contributed by atoms with van der Waals surface area (Å²) in [5.74, 6) is -3.15. The molecule has 3 heterocycles. The second kappa shape index (κ2) is 9.28. The van der Waals surface area contributed by atoms with Gasteiger partial charge in [-0.05, 0) is 33.8 Å². The zero-order valence-corrected chi connectivity index (χ0v) is 19.4. The number of β-lactam (4-membered cyclic amide) rings is 1. The van der Waals surface area contributed by atoms with Gasteiger partial charge in [-0.2, -0.15) is 0 Å². The normalized spacial score (nSPS) is 22.9. The maximum atomic E-state index is 12.9. The maximum Gasteiger partial charge on any atom is 0.352 e. The summed E-state index contributed by atoms with van der Waals surface area (Å²) in [6.07, 6.45) is 1.49. The van der Waals surface area contributed by atoms with E-state index in [2.05, 4.69) is 15.5 Å². The average molecular weight is 483 g/mol. The molecule has 1 aromatic rings. The maximum absolute atomic E-state index is 12.9. The lowest BCUT2D eigenvalue weighted by atomic mass is 10.0. The standard InChI is InChI=1S/C19H22N4O7S2/c1-9-5-11(18(27)28)23-16(26)14(17(23)32-9)21-15(25)13(10-7-31-8-20-10)22-29-6-12(24)30-19(2,3)4/h5,7-9,14,17H,6H2,1-4H3,(H,21,25)(H,27,28)/t9?,14?,17-/m1/s1. The third-order valence-electron chi connectivity index (χ3n) is 4.20. The second-order valence-corrected chi connectivity index (χ2v) is 10.1. The number of fused-ring (bicyclic) bond motifs is 1. The molecule has 0 radical (unpaired) electrons. The molecule has 11 nitrogen and oxygen atoms in total. The summed E-state index contributed by atoms with van der Waals surface area (Å²) in [4.78, 5) is 58.9. The van der Waals surface area contributed by atoms with Gasteiger partial charge in [-0.3, -0.25) is 14.5 Å². The van der Waals surface area contributed by atoms with Crippen LogP contribution in [0.4, 0.5) is 0 Å². The van der Waals surface area contributed by atoms with Gasteiger partial charge < -0.3 is 20.0 Å². The number of hydrogen-bond donors (Lipinski definition) is 2. The van der Waals surface area contributed by atoms with E-state index < -0.39 is 47.4 Å². The van der Waals surface area contributed by atoms with E-state index >= 15 is 0 Å². The van der Waals surface area contributed by atoms with E-state index in [-0.39, 0.29) is 22.4 Å². The van der Waals surface area contributed by atoms with Crippen molar-refractivity contribution in [3.63, 3.8) is 0 Å². The van der Waals surface area contributed by atoms with Crippen molar-refractivity contribution < 1.29 is 33.9 Å². The van der Waals surface area contributed by atoms with Crippen molar-refractivity contribution in [3.8, 4) is 0 Å². The van der Waals surface area contributed by atoms with Crippen molar-refractivity contribution in [1.82, 2.24) is 15.2 Å². The van der Waals surface area contributed by atoms with Crippen molar-refractivity contribution in [2.75, 3.05) is 6.61 Å². The number of esters is 1. The van der Waals surface area contributed by atoms with Crippen molar-refractivity contribution in [2.45, 2.75) is 50.0 Å². The van der Waals surface area contributed by atoms with Gasteiger partial charge in [-0.25, -0.2) is 14.6 Å². The predicted molar refractivity (Wildman–Crippen MR) is 116 cm³/mol. The molecule has 32 heavy (non-hydrogen) atoms. The molecule has 1 fully saturated rings. The molecule has 2 unspecified atom stereocenters. The monoisotopic (exact) mass is 482 g/mol. The van der Waals surface area contributed by atoms with Crippen LogP contribution in [0.3, 0.4) is 0 Å². The van der Waals surface area contributed by atoms with E-state index in [1.54, 1.807) is 33.1 Å². The van der Waals surface area contributed by atoms with Crippen LogP contribution in [0, 0.1) is 0 Å². The lowest BCUT2D eigenvalue weighted by molar-refractivity contribution is -0.160. The van der Waals surface area contributed by atoms with Gasteiger partial charge in [0, 0.05) is 10.6 Å². The third kappa shape index (κ3) is 5.27. The molecule has 2 aliphatic heterocycles. The smallest absolute Gasteiger partial charge is 0.352 e. The van der Waals surface area contributed by atoms with Crippen LogP contribution >= 0.6 is 23.1 Å². The van der Waals surface area contributed by atoms with Crippen molar-refractivity contribution in [1.29, 1.82) is 0 Å². The first-order chi connectivity index (χ1) is 15.0. The minimum absolute atomic E-state index is 0.106. The number of hydrogen-bond acceptors (Lipinski definition) is 10. The van der Waals surface area contributed by atoms with Gasteiger partial charge in [-0.1, -0.05) is 5.16 Å². The molecule has 0 saturated carbocycles. The topological polar surface area (TPSA) is 147 Å². The number of oxime groups is 1. The average Bonchev–Trinajstić information content (AvgIpc) is 3.21. The SMILES string of the molecule is CC1C=C(C(=O)O)N2C(=O)C(NC(=O)C(=NOCC(=O)OC(C)(C)C)c3cscn3)[C@H]2S1. The summed E-state index contributed by atoms with van der Waals surface area (Å²) < 4.78 is 5.12. The Hall–Kier alpha value is -2.93. The molecular weight excluding hydrogens is 460 g/mol. The number of carbonyl (C=O) groups excluding carboxylic acids is 3. The summed E-state index contributed by atoms with van der Waals surface area (Å²) in [5, 5.41) is 16.5. The Kier molecular flexibility index (Phi) is 6.88. The van der Waals surface area contributed by atoms with Crippen LogP contribution in [0.25, 0.3) is 0 Å². The molecule has 0 aliphatic carbocycles. The Labute approximate surface area is 191 Å². The third-order valence-corrected chi connectivity index (χ3v) is 6.12. The number of thiazole rings is 1. The molecule has 13 heteroatoms. The molecule has 2 amide bonds. The van der Waals surface area contributed by atoms with E-state index in [9.17, 15) is 24.3 Å². The number of nitrogens with one attached hydrogen (secondary N) is 1. The van der Waals surface area contributed by atoms with E-state index in [1.165, 1.54) is 34.7 Å². The fourth-order valence-corrected chi connectivity index (χ4v) is 4.86. The molecule has 2 aliphatic rings. The predicted octanol–water partition coefficient (Wildman–Crippen LogP) is 0.962. The molecule has 3 rings (SSSR count). The van der Waals surface area contributed by atoms with Crippen molar-refractivity contribution in [3.05, 3.63) is 28.4 Å².